The summed E-state index contributed by atoms with van der Waals surface area (Å²) in [6, 6.07) is 25.2. The minimum Gasteiger partial charge on any atom is -0.458 e. The summed E-state index contributed by atoms with van der Waals surface area (Å²) in [4.78, 5) is 4.83. The largest absolute Gasteiger partial charge is 0.458 e. The van der Waals surface area contributed by atoms with Crippen LogP contribution in [0.2, 0.25) is 0 Å². The molecule has 0 saturated heterocycles. The summed E-state index contributed by atoms with van der Waals surface area (Å²) in [5, 5.41) is 2.03. The number of ether oxygens (including phenoxy) is 1. The number of fused-ring (bicyclic) bond motifs is 4. The lowest BCUT2D eigenvalue weighted by atomic mass is 9.81. The normalized spacial score (nSPS) is 15.2. The third-order valence-electron chi connectivity index (χ3n) is 11.9. The molecular weight excluding hydrogens is 817 g/mol. The second kappa shape index (κ2) is 16.4. The van der Waals surface area contributed by atoms with Gasteiger partial charge in [0.05, 0.1) is 54.0 Å². The van der Waals surface area contributed by atoms with Gasteiger partial charge in [-0.15, -0.1) is 0 Å². The number of hydrogen-bond donors (Lipinski definition) is 0. The van der Waals surface area contributed by atoms with E-state index in [1.54, 1.807) is 51.6 Å². The van der Waals surface area contributed by atoms with Crippen molar-refractivity contribution < 1.29 is 29.9 Å². The Morgan fingerprint density at radius 2 is 1.21 bits per heavy atom. The standard InChI is InChI=1S/C62H52N4O/c1-61(2,3)47-33-34-63-59(38-47)66-55-28-17-16-27-51(55)52-31-30-50(40-57(52)66)67-49-26-18-25-48(39-49)64-41-65(56-32-29-45(37-58(56)64)42-19-10-7-11-20-42)60-53(44-23-14-9-15-24-44)35-46(36-54(60)62(4,5)6)43-21-12-8-13-22-43/h7-40H,1-6H3/i7D,8D,9D,10D,11D,12D,13D,14D,15D,19D,20D,21D,22D,23D,24D. The lowest BCUT2D eigenvalue weighted by Crippen LogP contribution is -2.34. The van der Waals surface area contributed by atoms with Gasteiger partial charge in [-0.1, -0.05) is 175 Å². The summed E-state index contributed by atoms with van der Waals surface area (Å²) in [5.41, 5.74) is 3.89. The van der Waals surface area contributed by atoms with Crippen LogP contribution >= 0.6 is 0 Å². The molecule has 0 fully saturated rings. The minimum atomic E-state index is -0.894. The molecule has 11 aromatic rings. The van der Waals surface area contributed by atoms with Gasteiger partial charge in [0.15, 0.2) is 0 Å². The quantitative estimate of drug-likeness (QED) is 0.113. The van der Waals surface area contributed by atoms with E-state index in [1.807, 2.05) is 69.4 Å². The van der Waals surface area contributed by atoms with Gasteiger partial charge >= 0.3 is 0 Å². The molecule has 67 heavy (non-hydrogen) atoms. The van der Waals surface area contributed by atoms with Gasteiger partial charge < -0.3 is 4.74 Å². The third-order valence-corrected chi connectivity index (χ3v) is 11.9. The molecule has 0 saturated carbocycles. The Balaban J connectivity index is 1.18. The first-order chi connectivity index (χ1) is 38.7. The summed E-state index contributed by atoms with van der Waals surface area (Å²) in [6.07, 6.45) is 5.32. The summed E-state index contributed by atoms with van der Waals surface area (Å²) in [7, 11) is 0. The lowest BCUT2D eigenvalue weighted by Gasteiger charge is -2.27. The van der Waals surface area contributed by atoms with Crippen LogP contribution < -0.4 is 9.30 Å². The maximum absolute atomic E-state index is 9.35. The third kappa shape index (κ3) is 7.76. The number of nitrogens with zero attached hydrogens (tertiary/aromatic N) is 4. The van der Waals surface area contributed by atoms with Gasteiger partial charge in [0, 0.05) is 23.0 Å². The fourth-order valence-corrected chi connectivity index (χ4v) is 8.67. The first kappa shape index (κ1) is 28.1. The smallest absolute Gasteiger partial charge is 0.269 e. The van der Waals surface area contributed by atoms with E-state index in [4.69, 9.17) is 27.5 Å². The van der Waals surface area contributed by atoms with Crippen LogP contribution in [0.25, 0.3) is 83.4 Å². The average Bonchev–Trinajstić information content (AvgIpc) is 3.55. The first-order valence-corrected chi connectivity index (χ1v) is 21.9. The van der Waals surface area contributed by atoms with E-state index in [0.29, 0.717) is 33.8 Å². The number of para-hydroxylation sites is 1. The molecule has 8 aromatic carbocycles. The van der Waals surface area contributed by atoms with Crippen LogP contribution in [0.5, 0.6) is 11.5 Å². The molecule has 0 aliphatic rings. The Hall–Kier alpha value is -8.02. The van der Waals surface area contributed by atoms with Crippen LogP contribution in [0, 0.1) is 6.33 Å². The highest BCUT2D eigenvalue weighted by atomic mass is 16.5. The molecule has 0 spiro atoms. The van der Waals surface area contributed by atoms with Crippen LogP contribution in [-0.4, -0.2) is 14.1 Å². The van der Waals surface area contributed by atoms with Crippen molar-refractivity contribution in [3.05, 3.63) is 223 Å². The highest BCUT2D eigenvalue weighted by molar-refractivity contribution is 6.09. The van der Waals surface area contributed by atoms with Crippen LogP contribution in [0.4, 0.5) is 0 Å². The van der Waals surface area contributed by atoms with E-state index in [1.165, 1.54) is 6.07 Å². The molecule has 5 heteroatoms. The summed E-state index contributed by atoms with van der Waals surface area (Å²) >= 11 is 0. The van der Waals surface area contributed by atoms with Gasteiger partial charge in [-0.2, -0.15) is 0 Å². The number of imidazole rings is 1. The molecule has 11 rings (SSSR count). The Morgan fingerprint density at radius 1 is 0.537 bits per heavy atom. The number of hydrogen-bond acceptors (Lipinski definition) is 2. The van der Waals surface area contributed by atoms with Crippen molar-refractivity contribution in [2.45, 2.75) is 52.4 Å². The van der Waals surface area contributed by atoms with E-state index in [9.17, 15) is 2.74 Å². The van der Waals surface area contributed by atoms with E-state index < -0.39 is 96.1 Å². The number of rotatable bonds is 8. The molecular formula is C62H52N4O. The Kier molecular flexibility index (Phi) is 6.90. The Bertz CT molecular complexity index is 4450. The SMILES string of the molecule is [2H]c1c([2H])c([2H])c(-c2cc(-c3c([2H])c([2H])c([2H])c([2H])c3[2H])c(-[n+]3[c-]n(-c4cccc(Oc5ccc6c7ccccc7n(-c7cc(C(C)(C)C)ccn7)c6c5)c4)c4cc(-c5c([2H])c([2H])c([2H])c([2H])c5[2H])ccc43)c(C(C)(C)C)c2)c([2H])c1[2H]. The van der Waals surface area contributed by atoms with Gasteiger partial charge in [0.2, 0.25) is 0 Å². The van der Waals surface area contributed by atoms with Crippen LogP contribution in [0.1, 0.15) is 73.2 Å². The Labute approximate surface area is 413 Å². The maximum atomic E-state index is 9.35. The summed E-state index contributed by atoms with van der Waals surface area (Å²) in [6.45, 7) is 12.1. The van der Waals surface area contributed by atoms with Crippen molar-refractivity contribution in [2.24, 2.45) is 0 Å². The van der Waals surface area contributed by atoms with Crippen molar-refractivity contribution >= 4 is 32.8 Å². The molecule has 0 unspecified atom stereocenters. The molecule has 0 aliphatic carbocycles. The van der Waals surface area contributed by atoms with Crippen LogP contribution in [-0.2, 0) is 10.8 Å². The number of aromatic nitrogens is 4. The van der Waals surface area contributed by atoms with E-state index >= 15 is 0 Å². The zero-order valence-corrected chi connectivity index (χ0v) is 37.7. The molecule has 0 bridgehead atoms. The first-order valence-electron chi connectivity index (χ1n) is 29.4. The van der Waals surface area contributed by atoms with Crippen LogP contribution in [0.3, 0.4) is 0 Å². The molecule has 326 valence electrons. The highest BCUT2D eigenvalue weighted by Gasteiger charge is 2.27. The van der Waals surface area contributed by atoms with Gasteiger partial charge in [0.1, 0.15) is 17.3 Å². The second-order valence-corrected chi connectivity index (χ2v) is 18.4. The molecule has 5 nitrogen and oxygen atoms in total. The summed E-state index contributed by atoms with van der Waals surface area (Å²) in [5.74, 6) is 1.67. The van der Waals surface area contributed by atoms with Crippen molar-refractivity contribution in [2.75, 3.05) is 0 Å². The monoisotopic (exact) mass is 884 g/mol. The van der Waals surface area contributed by atoms with Gasteiger partial charge in [0.25, 0.3) is 6.33 Å². The van der Waals surface area contributed by atoms with Gasteiger partial charge in [-0.05, 0) is 116 Å². The fourth-order valence-electron chi connectivity index (χ4n) is 8.67. The molecule has 0 atom stereocenters. The average molecular weight is 884 g/mol. The summed E-state index contributed by atoms with van der Waals surface area (Å²) < 4.78 is 144. The minimum absolute atomic E-state index is 0.0476. The highest BCUT2D eigenvalue weighted by Crippen LogP contribution is 2.40. The van der Waals surface area contributed by atoms with E-state index in [-0.39, 0.29) is 44.5 Å². The zero-order chi connectivity index (χ0) is 58.9. The molecule has 0 amide bonds. The lowest BCUT2D eigenvalue weighted by molar-refractivity contribution is -0.572. The predicted octanol–water partition coefficient (Wildman–Crippen LogP) is 15.6. The van der Waals surface area contributed by atoms with Crippen molar-refractivity contribution in [1.82, 2.24) is 14.1 Å². The second-order valence-electron chi connectivity index (χ2n) is 18.4. The topological polar surface area (TPSA) is 35.9 Å². The van der Waals surface area contributed by atoms with E-state index in [2.05, 4.69) is 49.9 Å². The number of pyridine rings is 1. The zero-order valence-electron chi connectivity index (χ0n) is 52.7. The molecule has 0 aliphatic heterocycles. The molecule has 3 aromatic heterocycles. The predicted molar refractivity (Wildman–Crippen MR) is 276 cm³/mol. The molecule has 0 radical (unpaired) electrons. The van der Waals surface area contributed by atoms with Gasteiger partial charge in [-0.3, -0.25) is 13.7 Å². The number of benzene rings is 8. The molecule has 3 heterocycles. The molecule has 0 N–H and O–H groups in total. The van der Waals surface area contributed by atoms with Gasteiger partial charge in [-0.25, -0.2) is 4.98 Å². The Morgan fingerprint density at radius 3 is 1.93 bits per heavy atom. The van der Waals surface area contributed by atoms with Crippen molar-refractivity contribution in [3.8, 4) is 62.1 Å². The fraction of sp³-hybridized carbons (Fsp3) is 0.129. The van der Waals surface area contributed by atoms with Crippen molar-refractivity contribution in [3.63, 3.8) is 0 Å². The van der Waals surface area contributed by atoms with Crippen molar-refractivity contribution in [1.29, 1.82) is 0 Å². The van der Waals surface area contributed by atoms with E-state index in [0.717, 1.165) is 33.2 Å². The van der Waals surface area contributed by atoms with Crippen LogP contribution in [0.15, 0.2) is 206 Å². The maximum Gasteiger partial charge on any atom is 0.269 e.